The van der Waals surface area contributed by atoms with Gasteiger partial charge in [0, 0.05) is 11.1 Å². The van der Waals surface area contributed by atoms with Crippen molar-refractivity contribution in [1.82, 2.24) is 29.9 Å². The van der Waals surface area contributed by atoms with Crippen molar-refractivity contribution in [1.29, 1.82) is 0 Å². The van der Waals surface area contributed by atoms with E-state index < -0.39 is 0 Å². The number of rotatable bonds is 3. The molecule has 0 unspecified atom stereocenters. The van der Waals surface area contributed by atoms with Gasteiger partial charge in [0.2, 0.25) is 5.82 Å². The molecular weight excluding hydrogens is 348 g/mol. The summed E-state index contributed by atoms with van der Waals surface area (Å²) in [7, 11) is 0. The number of amides is 1. The fourth-order valence-corrected chi connectivity index (χ4v) is 4.63. The number of nitrogens with one attached hydrogen (secondary N) is 1. The van der Waals surface area contributed by atoms with E-state index in [1.165, 1.54) is 23.3 Å². The number of nitrogens with zero attached hydrogens (tertiary/aromatic N) is 5. The van der Waals surface area contributed by atoms with Gasteiger partial charge in [-0.25, -0.2) is 14.5 Å². The van der Waals surface area contributed by atoms with Crippen LogP contribution >= 0.6 is 11.3 Å². The Morgan fingerprint density at radius 3 is 3.04 bits per heavy atom. The SMILES string of the molecule is O=C(NCc1ccccn1)c1nc2c3c4c(sc3ncn2n1)CCCC4. The normalized spacial score (nSPS) is 13.8. The summed E-state index contributed by atoms with van der Waals surface area (Å²) in [5.74, 6) is -0.150. The van der Waals surface area contributed by atoms with E-state index in [2.05, 4.69) is 25.4 Å². The van der Waals surface area contributed by atoms with E-state index in [0.29, 0.717) is 6.54 Å². The number of aromatic nitrogens is 5. The van der Waals surface area contributed by atoms with Gasteiger partial charge >= 0.3 is 0 Å². The molecule has 0 saturated heterocycles. The summed E-state index contributed by atoms with van der Waals surface area (Å²) in [6, 6.07) is 5.59. The van der Waals surface area contributed by atoms with Gasteiger partial charge in [-0.05, 0) is 43.4 Å². The predicted octanol–water partition coefficient (Wildman–Crippen LogP) is 2.54. The second kappa shape index (κ2) is 6.14. The minimum absolute atomic E-state index is 0.158. The number of hydrogen-bond donors (Lipinski definition) is 1. The highest BCUT2D eigenvalue weighted by Crippen LogP contribution is 2.36. The molecule has 1 aliphatic rings. The van der Waals surface area contributed by atoms with E-state index in [9.17, 15) is 4.79 Å². The molecule has 0 spiro atoms. The Morgan fingerprint density at radius 1 is 1.23 bits per heavy atom. The highest BCUT2D eigenvalue weighted by Gasteiger charge is 2.22. The average Bonchev–Trinajstić information content (AvgIpc) is 3.27. The Hall–Kier alpha value is -2.87. The lowest BCUT2D eigenvalue weighted by atomic mass is 9.97. The summed E-state index contributed by atoms with van der Waals surface area (Å²) >= 11 is 1.74. The van der Waals surface area contributed by atoms with Gasteiger partial charge in [0.25, 0.3) is 5.91 Å². The van der Waals surface area contributed by atoms with Crippen molar-refractivity contribution < 1.29 is 4.79 Å². The van der Waals surface area contributed by atoms with E-state index in [1.807, 2.05) is 18.2 Å². The molecule has 5 rings (SSSR count). The van der Waals surface area contributed by atoms with Crippen LogP contribution in [0, 0.1) is 0 Å². The Morgan fingerprint density at radius 2 is 2.15 bits per heavy atom. The second-order valence-corrected chi connectivity index (χ2v) is 7.43. The van der Waals surface area contributed by atoms with Gasteiger partial charge in [0.15, 0.2) is 5.65 Å². The minimum atomic E-state index is -0.309. The van der Waals surface area contributed by atoms with E-state index in [0.717, 1.165) is 34.4 Å². The van der Waals surface area contributed by atoms with Crippen molar-refractivity contribution in [3.8, 4) is 0 Å². The molecule has 0 atom stereocenters. The molecule has 1 aliphatic carbocycles. The fraction of sp³-hybridized carbons (Fsp3) is 0.278. The number of carbonyl (C=O) groups is 1. The lowest BCUT2D eigenvalue weighted by Gasteiger charge is -2.09. The van der Waals surface area contributed by atoms with Crippen LogP contribution in [0.4, 0.5) is 0 Å². The van der Waals surface area contributed by atoms with Crippen LogP contribution in [0.25, 0.3) is 15.9 Å². The van der Waals surface area contributed by atoms with Crippen molar-refractivity contribution >= 4 is 33.1 Å². The minimum Gasteiger partial charge on any atom is -0.344 e. The molecule has 8 heteroatoms. The van der Waals surface area contributed by atoms with E-state index in [1.54, 1.807) is 28.4 Å². The van der Waals surface area contributed by atoms with Gasteiger partial charge in [-0.2, -0.15) is 0 Å². The zero-order valence-corrected chi connectivity index (χ0v) is 14.8. The van der Waals surface area contributed by atoms with Crippen LogP contribution in [0.3, 0.4) is 0 Å². The second-order valence-electron chi connectivity index (χ2n) is 6.34. The Kier molecular flexibility index (Phi) is 3.63. The molecule has 1 amide bonds. The molecule has 26 heavy (non-hydrogen) atoms. The Bertz CT molecular complexity index is 1120. The number of pyridine rings is 1. The van der Waals surface area contributed by atoms with E-state index in [4.69, 9.17) is 0 Å². The van der Waals surface area contributed by atoms with Gasteiger partial charge in [-0.3, -0.25) is 9.78 Å². The lowest BCUT2D eigenvalue weighted by molar-refractivity contribution is 0.0940. The molecule has 130 valence electrons. The maximum atomic E-state index is 12.5. The molecular formula is C18H16N6OS. The standard InChI is InChI=1S/C18H16N6OS/c25-17(20-9-11-5-3-4-8-19-11)15-22-16-14-12-6-1-2-7-13(12)26-18(14)21-10-24(16)23-15/h3-5,8,10H,1-2,6-7,9H2,(H,20,25). The summed E-state index contributed by atoms with van der Waals surface area (Å²) in [5.41, 5.74) is 2.85. The van der Waals surface area contributed by atoms with Gasteiger partial charge in [0.05, 0.1) is 17.6 Å². The third kappa shape index (κ3) is 2.53. The topological polar surface area (TPSA) is 85.1 Å². The van der Waals surface area contributed by atoms with Crippen LogP contribution in [0.5, 0.6) is 0 Å². The molecule has 4 heterocycles. The van der Waals surface area contributed by atoms with Gasteiger partial charge in [-0.1, -0.05) is 6.07 Å². The van der Waals surface area contributed by atoms with Gasteiger partial charge in [0.1, 0.15) is 11.2 Å². The molecule has 0 aliphatic heterocycles. The van der Waals surface area contributed by atoms with Crippen molar-refractivity contribution in [2.75, 3.05) is 0 Å². The van der Waals surface area contributed by atoms with Crippen LogP contribution in [-0.4, -0.2) is 30.5 Å². The predicted molar refractivity (Wildman–Crippen MR) is 98.2 cm³/mol. The maximum absolute atomic E-state index is 12.5. The Balaban J connectivity index is 1.50. The molecule has 0 saturated carbocycles. The zero-order chi connectivity index (χ0) is 17.5. The molecule has 4 aromatic rings. The highest BCUT2D eigenvalue weighted by atomic mass is 32.1. The van der Waals surface area contributed by atoms with E-state index in [-0.39, 0.29) is 11.7 Å². The Labute approximate surface area is 153 Å². The smallest absolute Gasteiger partial charge is 0.291 e. The lowest BCUT2D eigenvalue weighted by Crippen LogP contribution is -2.24. The first-order valence-electron chi connectivity index (χ1n) is 8.63. The highest BCUT2D eigenvalue weighted by molar-refractivity contribution is 7.19. The number of hydrogen-bond acceptors (Lipinski definition) is 6. The quantitative estimate of drug-likeness (QED) is 0.604. The molecule has 4 aromatic heterocycles. The van der Waals surface area contributed by atoms with Crippen LogP contribution in [0.1, 0.15) is 39.6 Å². The molecule has 0 aromatic carbocycles. The van der Waals surface area contributed by atoms with Gasteiger partial charge < -0.3 is 5.32 Å². The summed E-state index contributed by atoms with van der Waals surface area (Å²) in [6.07, 6.45) is 7.91. The number of aryl methyl sites for hydroxylation is 2. The first kappa shape index (κ1) is 15.4. The van der Waals surface area contributed by atoms with Crippen LogP contribution in [0.15, 0.2) is 30.7 Å². The maximum Gasteiger partial charge on any atom is 0.291 e. The third-order valence-electron chi connectivity index (χ3n) is 4.65. The molecule has 0 radical (unpaired) electrons. The van der Waals surface area contributed by atoms with Crippen molar-refractivity contribution in [3.63, 3.8) is 0 Å². The molecule has 7 nitrogen and oxygen atoms in total. The largest absolute Gasteiger partial charge is 0.344 e. The van der Waals surface area contributed by atoms with Crippen molar-refractivity contribution in [2.24, 2.45) is 0 Å². The van der Waals surface area contributed by atoms with Crippen LogP contribution in [-0.2, 0) is 19.4 Å². The fourth-order valence-electron chi connectivity index (χ4n) is 3.40. The molecule has 0 fully saturated rings. The van der Waals surface area contributed by atoms with Crippen molar-refractivity contribution in [2.45, 2.75) is 32.2 Å². The van der Waals surface area contributed by atoms with Gasteiger partial charge in [-0.15, -0.1) is 16.4 Å². The first-order valence-corrected chi connectivity index (χ1v) is 9.45. The van der Waals surface area contributed by atoms with Crippen LogP contribution < -0.4 is 5.32 Å². The molecule has 1 N–H and O–H groups in total. The third-order valence-corrected chi connectivity index (χ3v) is 5.85. The summed E-state index contributed by atoms with van der Waals surface area (Å²) < 4.78 is 1.61. The summed E-state index contributed by atoms with van der Waals surface area (Å²) in [6.45, 7) is 0.344. The molecule has 0 bridgehead atoms. The van der Waals surface area contributed by atoms with E-state index >= 15 is 0 Å². The first-order chi connectivity index (χ1) is 12.8. The monoisotopic (exact) mass is 364 g/mol. The number of thiophene rings is 1. The average molecular weight is 364 g/mol. The summed E-state index contributed by atoms with van der Waals surface area (Å²) in [4.78, 5) is 28.1. The zero-order valence-electron chi connectivity index (χ0n) is 14.0. The van der Waals surface area contributed by atoms with Crippen LogP contribution in [0.2, 0.25) is 0 Å². The van der Waals surface area contributed by atoms with Crippen molar-refractivity contribution in [3.05, 3.63) is 52.7 Å². The number of fused-ring (bicyclic) bond motifs is 5. The number of carbonyl (C=O) groups excluding carboxylic acids is 1. The summed E-state index contributed by atoms with van der Waals surface area (Å²) in [5, 5.41) is 8.20.